The lowest BCUT2D eigenvalue weighted by molar-refractivity contribution is 0.669. The molecule has 0 amide bonds. The lowest BCUT2D eigenvalue weighted by atomic mass is 9.97. The molecule has 11 aromatic rings. The maximum Gasteiger partial charge on any atom is 0.164 e. The summed E-state index contributed by atoms with van der Waals surface area (Å²) in [5.74, 6) is 1.82. The van der Waals surface area contributed by atoms with Gasteiger partial charge in [-0.15, -0.1) is 11.3 Å². The fourth-order valence-corrected chi connectivity index (χ4v) is 8.48. The Hall–Kier alpha value is -6.63. The zero-order valence-electron chi connectivity index (χ0n) is 27.0. The number of fused-ring (bicyclic) bond motifs is 9. The van der Waals surface area contributed by atoms with Crippen molar-refractivity contribution in [1.82, 2.24) is 15.0 Å². The van der Waals surface area contributed by atoms with Crippen LogP contribution < -0.4 is 0 Å². The Kier molecular flexibility index (Phi) is 6.05. The van der Waals surface area contributed by atoms with Gasteiger partial charge in [-0.1, -0.05) is 103 Å². The van der Waals surface area contributed by atoms with Gasteiger partial charge in [-0.3, -0.25) is 0 Å². The molecule has 0 bridgehead atoms. The van der Waals surface area contributed by atoms with E-state index in [4.69, 9.17) is 23.8 Å². The topological polar surface area (TPSA) is 65.0 Å². The van der Waals surface area contributed by atoms with Crippen molar-refractivity contribution in [3.05, 3.63) is 152 Å². The molecule has 4 heterocycles. The van der Waals surface area contributed by atoms with Crippen molar-refractivity contribution in [2.24, 2.45) is 0 Å². The molecule has 51 heavy (non-hydrogen) atoms. The van der Waals surface area contributed by atoms with Gasteiger partial charge in [0.05, 0.1) is 0 Å². The number of thiophene rings is 1. The minimum Gasteiger partial charge on any atom is -0.456 e. The summed E-state index contributed by atoms with van der Waals surface area (Å²) >= 11 is 1.79. The number of hydrogen-bond donors (Lipinski definition) is 0. The molecule has 0 aliphatic carbocycles. The number of nitrogens with zero attached hydrogens (tertiary/aromatic N) is 3. The zero-order chi connectivity index (χ0) is 33.5. The Morgan fingerprint density at radius 2 is 0.980 bits per heavy atom. The molecule has 0 radical (unpaired) electrons. The van der Waals surface area contributed by atoms with Gasteiger partial charge >= 0.3 is 0 Å². The first kappa shape index (κ1) is 28.2. The van der Waals surface area contributed by atoms with Crippen molar-refractivity contribution in [3.63, 3.8) is 0 Å². The number of benzene rings is 7. The Morgan fingerprint density at radius 1 is 0.373 bits per heavy atom. The van der Waals surface area contributed by atoms with Crippen molar-refractivity contribution >= 4 is 75.4 Å². The standard InChI is InChI=1S/C45H25N3O2S/c1-2-10-26(11-3-1)43-46-44(48-45(47-43)28-20-22-31-29-12-4-6-17-36(29)49-38(31)25-28)27-21-23-39-35(24-27)41-32(14-9-19-40(41)51-39)34-16-8-15-33-30-13-5-7-18-37(30)50-42(33)34/h1-25H. The normalized spacial score (nSPS) is 11.9. The fraction of sp³-hybridized carbons (Fsp3) is 0. The molecule has 0 aliphatic rings. The average molecular weight is 672 g/mol. The van der Waals surface area contributed by atoms with E-state index in [0.29, 0.717) is 17.5 Å². The second kappa shape index (κ2) is 10.9. The first-order chi connectivity index (χ1) is 25.2. The molecule has 4 aromatic heterocycles. The summed E-state index contributed by atoms with van der Waals surface area (Å²) in [6.07, 6.45) is 0. The lowest BCUT2D eigenvalue weighted by Gasteiger charge is -2.09. The molecular formula is C45H25N3O2S. The van der Waals surface area contributed by atoms with Crippen molar-refractivity contribution in [2.45, 2.75) is 0 Å². The minimum atomic E-state index is 0.591. The van der Waals surface area contributed by atoms with Crippen LogP contribution >= 0.6 is 11.3 Å². The Labute approximate surface area is 295 Å². The highest BCUT2D eigenvalue weighted by Crippen LogP contribution is 2.44. The van der Waals surface area contributed by atoms with Gasteiger partial charge < -0.3 is 8.83 Å². The summed E-state index contributed by atoms with van der Waals surface area (Å²) in [6.45, 7) is 0. The minimum absolute atomic E-state index is 0.591. The van der Waals surface area contributed by atoms with Gasteiger partial charge in [0.15, 0.2) is 17.5 Å². The maximum absolute atomic E-state index is 6.49. The summed E-state index contributed by atoms with van der Waals surface area (Å²) < 4.78 is 15.1. The van der Waals surface area contributed by atoms with Crippen LogP contribution in [0.25, 0.3) is 109 Å². The monoisotopic (exact) mass is 671 g/mol. The van der Waals surface area contributed by atoms with E-state index in [1.165, 1.54) is 14.8 Å². The van der Waals surface area contributed by atoms with E-state index in [0.717, 1.165) is 77.1 Å². The summed E-state index contributed by atoms with van der Waals surface area (Å²) in [5.41, 5.74) is 8.39. The number of hydrogen-bond acceptors (Lipinski definition) is 6. The van der Waals surface area contributed by atoms with E-state index >= 15 is 0 Å². The third-order valence-corrected chi connectivity index (χ3v) is 10.9. The van der Waals surface area contributed by atoms with Crippen LogP contribution in [0, 0.1) is 0 Å². The SMILES string of the molecule is c1ccc(-c2nc(-c3ccc4c(c3)oc3ccccc34)nc(-c3ccc4sc5cccc(-c6cccc7c6oc6ccccc67)c5c4c3)n2)cc1. The average Bonchev–Trinajstić information content (AvgIpc) is 3.88. The fourth-order valence-electron chi connectivity index (χ4n) is 7.37. The van der Waals surface area contributed by atoms with Crippen LogP contribution in [0.3, 0.4) is 0 Å². The van der Waals surface area contributed by atoms with Gasteiger partial charge in [-0.05, 0) is 54.1 Å². The number of rotatable bonds is 4. The van der Waals surface area contributed by atoms with E-state index in [9.17, 15) is 0 Å². The third-order valence-electron chi connectivity index (χ3n) is 9.75. The molecule has 0 saturated carbocycles. The largest absolute Gasteiger partial charge is 0.456 e. The summed E-state index contributed by atoms with van der Waals surface area (Å²) in [6, 6.07) is 52.1. The molecule has 0 spiro atoms. The molecule has 0 aliphatic heterocycles. The molecule has 0 unspecified atom stereocenters. The Bertz CT molecular complexity index is 3160. The third kappa shape index (κ3) is 4.43. The second-order valence-electron chi connectivity index (χ2n) is 12.8. The smallest absolute Gasteiger partial charge is 0.164 e. The second-order valence-corrected chi connectivity index (χ2v) is 13.8. The van der Waals surface area contributed by atoms with Gasteiger partial charge in [0.2, 0.25) is 0 Å². The predicted octanol–water partition coefficient (Wildman–Crippen LogP) is 12.7. The maximum atomic E-state index is 6.49. The van der Waals surface area contributed by atoms with E-state index < -0.39 is 0 Å². The van der Waals surface area contributed by atoms with Crippen molar-refractivity contribution in [2.75, 3.05) is 0 Å². The molecule has 238 valence electrons. The van der Waals surface area contributed by atoms with Crippen LogP contribution in [-0.4, -0.2) is 15.0 Å². The molecule has 0 atom stereocenters. The molecule has 0 N–H and O–H groups in total. The molecular weight excluding hydrogens is 647 g/mol. The summed E-state index contributed by atoms with van der Waals surface area (Å²) in [4.78, 5) is 15.1. The van der Waals surface area contributed by atoms with E-state index in [-0.39, 0.29) is 0 Å². The van der Waals surface area contributed by atoms with Crippen LogP contribution in [0.5, 0.6) is 0 Å². The first-order valence-corrected chi connectivity index (χ1v) is 17.7. The first-order valence-electron chi connectivity index (χ1n) is 16.8. The number of aromatic nitrogens is 3. The highest BCUT2D eigenvalue weighted by atomic mass is 32.1. The van der Waals surface area contributed by atoms with Gasteiger partial charge in [-0.2, -0.15) is 0 Å². The molecule has 7 aromatic carbocycles. The van der Waals surface area contributed by atoms with Gasteiger partial charge in [0.1, 0.15) is 22.3 Å². The lowest BCUT2D eigenvalue weighted by Crippen LogP contribution is -2.00. The molecule has 6 heteroatoms. The van der Waals surface area contributed by atoms with Crippen LogP contribution in [0.15, 0.2) is 160 Å². The predicted molar refractivity (Wildman–Crippen MR) is 209 cm³/mol. The number of para-hydroxylation sites is 3. The van der Waals surface area contributed by atoms with Crippen molar-refractivity contribution in [3.8, 4) is 45.3 Å². The van der Waals surface area contributed by atoms with Gasteiger partial charge in [0, 0.05) is 64.0 Å². The Balaban J connectivity index is 1.11. The molecule has 0 saturated heterocycles. The van der Waals surface area contributed by atoms with Crippen LogP contribution in [0.2, 0.25) is 0 Å². The van der Waals surface area contributed by atoms with Crippen molar-refractivity contribution < 1.29 is 8.83 Å². The zero-order valence-corrected chi connectivity index (χ0v) is 27.8. The highest BCUT2D eigenvalue weighted by Gasteiger charge is 2.19. The van der Waals surface area contributed by atoms with E-state index in [1.807, 2.05) is 66.7 Å². The van der Waals surface area contributed by atoms with Crippen LogP contribution in [0.4, 0.5) is 0 Å². The molecule has 0 fully saturated rings. The van der Waals surface area contributed by atoms with Crippen molar-refractivity contribution in [1.29, 1.82) is 0 Å². The summed E-state index contributed by atoms with van der Waals surface area (Å²) in [7, 11) is 0. The number of furan rings is 2. The van der Waals surface area contributed by atoms with E-state index in [2.05, 4.69) is 84.9 Å². The summed E-state index contributed by atoms with van der Waals surface area (Å²) in [5, 5.41) is 6.75. The molecule has 5 nitrogen and oxygen atoms in total. The molecule has 11 rings (SSSR count). The van der Waals surface area contributed by atoms with Gasteiger partial charge in [-0.25, -0.2) is 15.0 Å². The van der Waals surface area contributed by atoms with Crippen LogP contribution in [-0.2, 0) is 0 Å². The quantitative estimate of drug-likeness (QED) is 0.186. The highest BCUT2D eigenvalue weighted by molar-refractivity contribution is 7.26. The van der Waals surface area contributed by atoms with Gasteiger partial charge in [0.25, 0.3) is 0 Å². The van der Waals surface area contributed by atoms with E-state index in [1.54, 1.807) is 11.3 Å². The van der Waals surface area contributed by atoms with Crippen LogP contribution in [0.1, 0.15) is 0 Å². The Morgan fingerprint density at radius 3 is 1.80 bits per heavy atom.